The fourth-order valence-electron chi connectivity index (χ4n) is 3.80. The molecule has 0 bridgehead atoms. The third-order valence-electron chi connectivity index (χ3n) is 5.47. The van der Waals surface area contributed by atoms with E-state index in [9.17, 15) is 13.2 Å². The van der Waals surface area contributed by atoms with Crippen molar-refractivity contribution in [2.45, 2.75) is 31.1 Å². The van der Waals surface area contributed by atoms with Crippen LogP contribution >= 0.6 is 0 Å². The molecular formula is C24H25N3O3S. The second kappa shape index (κ2) is 8.99. The average Bonchev–Trinajstić information content (AvgIpc) is 2.80. The third-order valence-corrected chi connectivity index (χ3v) is 7.42. The van der Waals surface area contributed by atoms with E-state index in [1.54, 1.807) is 43.3 Å². The lowest BCUT2D eigenvalue weighted by molar-refractivity contribution is 0.102. The molecule has 0 atom stereocenters. The summed E-state index contributed by atoms with van der Waals surface area (Å²) in [5, 5.41) is 2.79. The van der Waals surface area contributed by atoms with Gasteiger partial charge in [0.15, 0.2) is 0 Å². The van der Waals surface area contributed by atoms with Crippen LogP contribution in [0.25, 0.3) is 11.3 Å². The summed E-state index contributed by atoms with van der Waals surface area (Å²) in [7, 11) is -3.67. The molecule has 160 valence electrons. The number of para-hydroxylation sites is 1. The first-order valence-electron chi connectivity index (χ1n) is 10.4. The highest BCUT2D eigenvalue weighted by Gasteiger charge is 2.28. The maximum absolute atomic E-state index is 13.2. The maximum atomic E-state index is 13.2. The summed E-state index contributed by atoms with van der Waals surface area (Å²) >= 11 is 0. The van der Waals surface area contributed by atoms with E-state index in [2.05, 4.69) is 10.3 Å². The Labute approximate surface area is 183 Å². The molecule has 7 heteroatoms. The zero-order valence-corrected chi connectivity index (χ0v) is 18.2. The van der Waals surface area contributed by atoms with E-state index in [4.69, 9.17) is 0 Å². The van der Waals surface area contributed by atoms with Gasteiger partial charge in [0.1, 0.15) is 4.90 Å². The van der Waals surface area contributed by atoms with Crippen molar-refractivity contribution in [3.63, 3.8) is 0 Å². The van der Waals surface area contributed by atoms with Crippen molar-refractivity contribution in [3.8, 4) is 11.3 Å². The Morgan fingerprint density at radius 3 is 2.29 bits per heavy atom. The number of aromatic nitrogens is 1. The summed E-state index contributed by atoms with van der Waals surface area (Å²) in [6.07, 6.45) is 2.74. The summed E-state index contributed by atoms with van der Waals surface area (Å²) in [4.78, 5) is 17.7. The first kappa shape index (κ1) is 21.2. The molecule has 31 heavy (non-hydrogen) atoms. The van der Waals surface area contributed by atoms with Crippen LogP contribution in [-0.2, 0) is 10.0 Å². The van der Waals surface area contributed by atoms with E-state index < -0.39 is 10.0 Å². The number of benzene rings is 2. The van der Waals surface area contributed by atoms with Crippen LogP contribution in [0.4, 0.5) is 5.69 Å². The van der Waals surface area contributed by atoms with Crippen LogP contribution in [0.3, 0.4) is 0 Å². The van der Waals surface area contributed by atoms with Gasteiger partial charge in [-0.15, -0.1) is 0 Å². The molecule has 1 amide bonds. The molecule has 1 fully saturated rings. The number of hydrogen-bond donors (Lipinski definition) is 1. The van der Waals surface area contributed by atoms with Crippen LogP contribution in [0.2, 0.25) is 0 Å². The maximum Gasteiger partial charge on any atom is 0.257 e. The zero-order valence-electron chi connectivity index (χ0n) is 17.4. The summed E-state index contributed by atoms with van der Waals surface area (Å²) in [6, 6.07) is 19.8. The number of pyridine rings is 1. The average molecular weight is 436 g/mol. The molecule has 1 aliphatic heterocycles. The van der Waals surface area contributed by atoms with E-state index in [-0.39, 0.29) is 16.5 Å². The van der Waals surface area contributed by atoms with E-state index in [0.717, 1.165) is 30.5 Å². The molecule has 0 unspecified atom stereocenters. The minimum Gasteiger partial charge on any atom is -0.321 e. The van der Waals surface area contributed by atoms with Gasteiger partial charge in [0.2, 0.25) is 10.0 Å². The number of sulfonamides is 1. The summed E-state index contributed by atoms with van der Waals surface area (Å²) < 4.78 is 27.8. The van der Waals surface area contributed by atoms with Gasteiger partial charge in [-0.3, -0.25) is 9.78 Å². The van der Waals surface area contributed by atoms with Crippen LogP contribution in [0.1, 0.15) is 35.3 Å². The van der Waals surface area contributed by atoms with Gasteiger partial charge in [-0.05, 0) is 44.0 Å². The summed E-state index contributed by atoms with van der Waals surface area (Å²) in [6.45, 7) is 2.79. The van der Waals surface area contributed by atoms with Gasteiger partial charge in [-0.2, -0.15) is 4.31 Å². The molecule has 0 saturated carbocycles. The molecule has 0 aliphatic carbocycles. The number of carbonyl (C=O) groups excluding carboxylic acids is 1. The Morgan fingerprint density at radius 1 is 0.903 bits per heavy atom. The van der Waals surface area contributed by atoms with Gasteiger partial charge < -0.3 is 5.32 Å². The topological polar surface area (TPSA) is 79.4 Å². The molecule has 0 spiro atoms. The number of nitrogens with one attached hydrogen (secondary N) is 1. The van der Waals surface area contributed by atoms with Gasteiger partial charge in [0.25, 0.3) is 5.91 Å². The quantitative estimate of drug-likeness (QED) is 0.641. The van der Waals surface area contributed by atoms with Gasteiger partial charge in [-0.25, -0.2) is 8.42 Å². The molecule has 2 aromatic carbocycles. The van der Waals surface area contributed by atoms with Crippen molar-refractivity contribution < 1.29 is 13.2 Å². The monoisotopic (exact) mass is 435 g/mol. The number of aryl methyl sites for hydroxylation is 1. The highest BCUT2D eigenvalue weighted by Crippen LogP contribution is 2.27. The summed E-state index contributed by atoms with van der Waals surface area (Å²) in [5.74, 6) is -0.383. The number of nitrogens with zero attached hydrogens (tertiary/aromatic N) is 2. The lowest BCUT2D eigenvalue weighted by atomic mass is 10.1. The SMILES string of the molecule is Cc1nc(-c2ccccc2)ccc1C(=O)Nc1ccccc1S(=O)(=O)N1CCCCC1. The molecular weight excluding hydrogens is 410 g/mol. The van der Waals surface area contributed by atoms with Crippen LogP contribution in [0.5, 0.6) is 0 Å². The van der Waals surface area contributed by atoms with Crippen molar-refractivity contribution in [1.82, 2.24) is 9.29 Å². The van der Waals surface area contributed by atoms with Gasteiger partial charge in [0, 0.05) is 18.7 Å². The molecule has 3 aromatic rings. The minimum atomic E-state index is -3.67. The highest BCUT2D eigenvalue weighted by molar-refractivity contribution is 7.89. The highest BCUT2D eigenvalue weighted by atomic mass is 32.2. The smallest absolute Gasteiger partial charge is 0.257 e. The minimum absolute atomic E-state index is 0.122. The Balaban J connectivity index is 1.60. The van der Waals surface area contributed by atoms with Crippen molar-refractivity contribution in [2.24, 2.45) is 0 Å². The van der Waals surface area contributed by atoms with Gasteiger partial charge in [0.05, 0.1) is 22.6 Å². The lowest BCUT2D eigenvalue weighted by Gasteiger charge is -2.26. The van der Waals surface area contributed by atoms with E-state index >= 15 is 0 Å². The van der Waals surface area contributed by atoms with Gasteiger partial charge in [-0.1, -0.05) is 48.9 Å². The predicted octanol–water partition coefficient (Wildman–Crippen LogP) is 4.48. The fraction of sp³-hybridized carbons (Fsp3) is 0.250. The second-order valence-corrected chi connectivity index (χ2v) is 9.52. The third kappa shape index (κ3) is 4.52. The summed E-state index contributed by atoms with van der Waals surface area (Å²) in [5.41, 5.74) is 3.02. The van der Waals surface area contributed by atoms with Crippen LogP contribution in [-0.4, -0.2) is 36.7 Å². The molecule has 1 aliphatic rings. The van der Waals surface area contributed by atoms with Crippen LogP contribution in [0.15, 0.2) is 71.6 Å². The second-order valence-electron chi connectivity index (χ2n) is 7.61. The number of piperidine rings is 1. The molecule has 1 saturated heterocycles. The number of carbonyl (C=O) groups is 1. The zero-order chi connectivity index (χ0) is 21.8. The van der Waals surface area contributed by atoms with Crippen LogP contribution in [0, 0.1) is 6.92 Å². The Hall–Kier alpha value is -3.03. The molecule has 1 aromatic heterocycles. The normalized spacial score (nSPS) is 14.9. The largest absolute Gasteiger partial charge is 0.321 e. The molecule has 0 radical (unpaired) electrons. The molecule has 4 rings (SSSR count). The van der Waals surface area contributed by atoms with Gasteiger partial charge >= 0.3 is 0 Å². The van der Waals surface area contributed by atoms with Crippen LogP contribution < -0.4 is 5.32 Å². The van der Waals surface area contributed by atoms with Crippen molar-refractivity contribution in [1.29, 1.82) is 0 Å². The number of hydrogen-bond acceptors (Lipinski definition) is 4. The Morgan fingerprint density at radius 2 is 1.58 bits per heavy atom. The lowest BCUT2D eigenvalue weighted by Crippen LogP contribution is -2.36. The fourth-order valence-corrected chi connectivity index (χ4v) is 5.46. The number of rotatable bonds is 5. The van der Waals surface area contributed by atoms with E-state index in [0.29, 0.717) is 24.3 Å². The van der Waals surface area contributed by atoms with Crippen molar-refractivity contribution >= 4 is 21.6 Å². The number of anilines is 1. The Kier molecular flexibility index (Phi) is 6.15. The molecule has 1 N–H and O–H groups in total. The van der Waals surface area contributed by atoms with E-state index in [1.165, 1.54) is 4.31 Å². The van der Waals surface area contributed by atoms with E-state index in [1.807, 2.05) is 30.3 Å². The molecule has 2 heterocycles. The predicted molar refractivity (Wildman–Crippen MR) is 121 cm³/mol. The van der Waals surface area contributed by atoms with Crippen molar-refractivity contribution in [3.05, 3.63) is 78.0 Å². The van der Waals surface area contributed by atoms with Crippen molar-refractivity contribution in [2.75, 3.05) is 18.4 Å². The molecule has 6 nitrogen and oxygen atoms in total. The first-order chi connectivity index (χ1) is 15.0. The number of amides is 1. The Bertz CT molecular complexity index is 1190. The first-order valence-corrected chi connectivity index (χ1v) is 11.8. The standard InChI is InChI=1S/C24H25N3O3S/c1-18-20(14-15-21(25-18)19-10-4-2-5-11-19)24(28)26-22-12-6-7-13-23(22)31(29,30)27-16-8-3-9-17-27/h2,4-7,10-15H,3,8-9,16-17H2,1H3,(H,26,28).